The standard InChI is InChI=1S/C32H46N4O4/c1-5-21-35(22-6-2)31(39)25-13-17-27(18-14-25)33-29(37)11-9-10-12-30(38)34-28-19-15-26(16-20-28)32(40)36(23-7-3)24-8-4/h13-20H,5-12,21-24H2,1-4H3,(H,33,37)(H,34,38). The van der Waals surface area contributed by atoms with Crippen molar-refractivity contribution in [1.82, 2.24) is 9.80 Å². The fraction of sp³-hybridized carbons (Fsp3) is 0.500. The molecule has 0 bridgehead atoms. The van der Waals surface area contributed by atoms with E-state index < -0.39 is 0 Å². The van der Waals surface area contributed by atoms with Crippen molar-refractivity contribution < 1.29 is 19.2 Å². The number of anilines is 2. The fourth-order valence-electron chi connectivity index (χ4n) is 4.48. The molecule has 0 radical (unpaired) electrons. The van der Waals surface area contributed by atoms with Gasteiger partial charge < -0.3 is 20.4 Å². The molecule has 0 aliphatic heterocycles. The summed E-state index contributed by atoms with van der Waals surface area (Å²) < 4.78 is 0. The van der Waals surface area contributed by atoms with Crippen molar-refractivity contribution in [2.75, 3.05) is 36.8 Å². The molecule has 0 atom stereocenters. The lowest BCUT2D eigenvalue weighted by molar-refractivity contribution is -0.118. The summed E-state index contributed by atoms with van der Waals surface area (Å²) in [4.78, 5) is 53.8. The van der Waals surface area contributed by atoms with Gasteiger partial charge in [-0.05, 0) is 87.1 Å². The molecule has 0 fully saturated rings. The van der Waals surface area contributed by atoms with Crippen LogP contribution in [0.5, 0.6) is 0 Å². The highest BCUT2D eigenvalue weighted by molar-refractivity contribution is 5.96. The van der Waals surface area contributed by atoms with Crippen LogP contribution in [0, 0.1) is 0 Å². The molecule has 0 spiro atoms. The zero-order valence-electron chi connectivity index (χ0n) is 24.6. The number of hydrogen-bond acceptors (Lipinski definition) is 4. The predicted octanol–water partition coefficient (Wildman–Crippen LogP) is 6.35. The largest absolute Gasteiger partial charge is 0.339 e. The highest BCUT2D eigenvalue weighted by atomic mass is 16.2. The van der Waals surface area contributed by atoms with Gasteiger partial charge in [0.25, 0.3) is 11.8 Å². The van der Waals surface area contributed by atoms with E-state index in [0.29, 0.717) is 48.2 Å². The van der Waals surface area contributed by atoms with E-state index in [-0.39, 0.29) is 23.6 Å². The van der Waals surface area contributed by atoms with Crippen LogP contribution >= 0.6 is 0 Å². The molecule has 0 heterocycles. The first-order chi connectivity index (χ1) is 19.3. The number of nitrogens with one attached hydrogen (secondary N) is 2. The van der Waals surface area contributed by atoms with Gasteiger partial charge in [-0.3, -0.25) is 19.2 Å². The normalized spacial score (nSPS) is 10.6. The van der Waals surface area contributed by atoms with Gasteiger partial charge in [0.15, 0.2) is 0 Å². The molecule has 2 rings (SSSR count). The molecule has 8 nitrogen and oxygen atoms in total. The van der Waals surface area contributed by atoms with Crippen molar-refractivity contribution >= 4 is 35.0 Å². The van der Waals surface area contributed by atoms with Crippen LogP contribution in [0.1, 0.15) is 99.8 Å². The maximum Gasteiger partial charge on any atom is 0.253 e. The number of carbonyl (C=O) groups is 4. The molecule has 0 saturated heterocycles. The molecule has 4 amide bonds. The predicted molar refractivity (Wildman–Crippen MR) is 162 cm³/mol. The van der Waals surface area contributed by atoms with E-state index in [4.69, 9.17) is 0 Å². The van der Waals surface area contributed by atoms with Gasteiger partial charge in [-0.1, -0.05) is 27.7 Å². The summed E-state index contributed by atoms with van der Waals surface area (Å²) in [5.41, 5.74) is 2.52. The summed E-state index contributed by atoms with van der Waals surface area (Å²) in [6.45, 7) is 11.1. The lowest BCUT2D eigenvalue weighted by Crippen LogP contribution is -2.32. The van der Waals surface area contributed by atoms with E-state index >= 15 is 0 Å². The van der Waals surface area contributed by atoms with Crippen LogP contribution in [0.15, 0.2) is 48.5 Å². The van der Waals surface area contributed by atoms with Crippen molar-refractivity contribution in [1.29, 1.82) is 0 Å². The first-order valence-corrected chi connectivity index (χ1v) is 14.7. The van der Waals surface area contributed by atoms with Crippen molar-refractivity contribution in [3.63, 3.8) is 0 Å². The van der Waals surface area contributed by atoms with Gasteiger partial charge in [-0.15, -0.1) is 0 Å². The molecule has 2 aromatic rings. The molecule has 2 aromatic carbocycles. The Morgan fingerprint density at radius 1 is 0.525 bits per heavy atom. The second kappa shape index (κ2) is 17.8. The molecule has 0 aliphatic rings. The molecular weight excluding hydrogens is 504 g/mol. The summed E-state index contributed by atoms with van der Waals surface area (Å²) in [5.74, 6) is -0.234. The third-order valence-electron chi connectivity index (χ3n) is 6.44. The van der Waals surface area contributed by atoms with E-state index in [1.54, 1.807) is 48.5 Å². The lowest BCUT2D eigenvalue weighted by Gasteiger charge is -2.21. The van der Waals surface area contributed by atoms with Crippen molar-refractivity contribution in [3.05, 3.63) is 59.7 Å². The molecular formula is C32H46N4O4. The molecule has 40 heavy (non-hydrogen) atoms. The maximum absolute atomic E-state index is 12.7. The van der Waals surface area contributed by atoms with Gasteiger partial charge in [0.05, 0.1) is 0 Å². The summed E-state index contributed by atoms with van der Waals surface area (Å²) in [7, 11) is 0. The van der Waals surface area contributed by atoms with Crippen LogP contribution in [0.4, 0.5) is 11.4 Å². The van der Waals surface area contributed by atoms with E-state index in [1.165, 1.54) is 0 Å². The van der Waals surface area contributed by atoms with Crippen LogP contribution < -0.4 is 10.6 Å². The van der Waals surface area contributed by atoms with Crippen LogP contribution in [0.25, 0.3) is 0 Å². The summed E-state index contributed by atoms with van der Waals surface area (Å²) >= 11 is 0. The van der Waals surface area contributed by atoms with Gasteiger partial charge in [0.1, 0.15) is 0 Å². The Morgan fingerprint density at radius 2 is 0.825 bits per heavy atom. The van der Waals surface area contributed by atoms with Crippen LogP contribution in [-0.2, 0) is 9.59 Å². The number of hydrogen-bond donors (Lipinski definition) is 2. The number of unbranched alkanes of at least 4 members (excludes halogenated alkanes) is 1. The summed E-state index contributed by atoms with van der Waals surface area (Å²) in [6, 6.07) is 14.0. The van der Waals surface area contributed by atoms with E-state index in [9.17, 15) is 19.2 Å². The Bertz CT molecular complexity index is 984. The van der Waals surface area contributed by atoms with Crippen LogP contribution in [-0.4, -0.2) is 59.6 Å². The smallest absolute Gasteiger partial charge is 0.253 e. The molecule has 2 N–H and O–H groups in total. The van der Waals surface area contributed by atoms with Crippen LogP contribution in [0.3, 0.4) is 0 Å². The summed E-state index contributed by atoms with van der Waals surface area (Å²) in [5, 5.41) is 5.72. The van der Waals surface area contributed by atoms with E-state index in [2.05, 4.69) is 38.3 Å². The van der Waals surface area contributed by atoms with Crippen molar-refractivity contribution in [2.24, 2.45) is 0 Å². The Kier molecular flexibility index (Phi) is 14.5. The second-order valence-electron chi connectivity index (χ2n) is 10.0. The fourth-order valence-corrected chi connectivity index (χ4v) is 4.48. The third-order valence-corrected chi connectivity index (χ3v) is 6.44. The van der Waals surface area contributed by atoms with E-state index in [1.807, 2.05) is 9.80 Å². The van der Waals surface area contributed by atoms with Crippen molar-refractivity contribution in [2.45, 2.75) is 79.1 Å². The molecule has 0 unspecified atom stereocenters. The zero-order valence-corrected chi connectivity index (χ0v) is 24.6. The highest BCUT2D eigenvalue weighted by Crippen LogP contribution is 2.15. The maximum atomic E-state index is 12.7. The van der Waals surface area contributed by atoms with Gasteiger partial charge in [-0.2, -0.15) is 0 Å². The molecule has 218 valence electrons. The number of carbonyl (C=O) groups excluding carboxylic acids is 4. The number of nitrogens with zero attached hydrogens (tertiary/aromatic N) is 2. The minimum atomic E-state index is -0.126. The van der Waals surface area contributed by atoms with E-state index in [0.717, 1.165) is 51.9 Å². The Morgan fingerprint density at radius 3 is 1.10 bits per heavy atom. The molecule has 0 aliphatic carbocycles. The quantitative estimate of drug-likeness (QED) is 0.224. The lowest BCUT2D eigenvalue weighted by atomic mass is 10.1. The first kappa shape index (κ1) is 32.5. The van der Waals surface area contributed by atoms with Gasteiger partial charge in [0, 0.05) is 61.5 Å². The van der Waals surface area contributed by atoms with Gasteiger partial charge in [0.2, 0.25) is 11.8 Å². The van der Waals surface area contributed by atoms with Gasteiger partial charge in [-0.25, -0.2) is 0 Å². The monoisotopic (exact) mass is 550 g/mol. The Balaban J connectivity index is 1.73. The topological polar surface area (TPSA) is 98.8 Å². The van der Waals surface area contributed by atoms with Gasteiger partial charge >= 0.3 is 0 Å². The van der Waals surface area contributed by atoms with Crippen molar-refractivity contribution in [3.8, 4) is 0 Å². The average Bonchev–Trinajstić information content (AvgIpc) is 2.95. The zero-order chi connectivity index (χ0) is 29.3. The Hall–Kier alpha value is -3.68. The third kappa shape index (κ3) is 10.8. The SMILES string of the molecule is CCCN(CCC)C(=O)c1ccc(NC(=O)CCCCC(=O)Nc2ccc(C(=O)N(CCC)CCC)cc2)cc1. The number of benzene rings is 2. The first-order valence-electron chi connectivity index (χ1n) is 14.7. The molecule has 8 heteroatoms. The number of amides is 4. The molecule has 0 saturated carbocycles. The highest BCUT2D eigenvalue weighted by Gasteiger charge is 2.15. The minimum Gasteiger partial charge on any atom is -0.339 e. The number of rotatable bonds is 17. The molecule has 0 aromatic heterocycles. The summed E-state index contributed by atoms with van der Waals surface area (Å²) in [6.07, 6.45) is 5.41. The minimum absolute atomic E-state index is 0.00915. The average molecular weight is 551 g/mol. The second-order valence-corrected chi connectivity index (χ2v) is 10.0. The Labute approximate surface area is 239 Å². The van der Waals surface area contributed by atoms with Crippen LogP contribution in [0.2, 0.25) is 0 Å².